The molecule has 4 rings (SSSR count). The molecule has 2 N–H and O–H groups in total. The number of rotatable bonds is 5. The SMILES string of the molecule is O=S(O)NCc1cccc(-c2ccc3ncc(N4CCCCC4)nc3c2)c1. The number of fused-ring (bicyclic) bond motifs is 1. The van der Waals surface area contributed by atoms with Crippen molar-refractivity contribution in [2.45, 2.75) is 25.8 Å². The third kappa shape index (κ3) is 4.32. The monoisotopic (exact) mass is 382 g/mol. The van der Waals surface area contributed by atoms with E-state index >= 15 is 0 Å². The van der Waals surface area contributed by atoms with Crippen LogP contribution < -0.4 is 9.62 Å². The second-order valence-corrected chi connectivity index (χ2v) is 7.54. The molecule has 0 amide bonds. The fraction of sp³-hybridized carbons (Fsp3) is 0.300. The molecule has 1 aromatic heterocycles. The van der Waals surface area contributed by atoms with Crippen molar-refractivity contribution >= 4 is 28.1 Å². The fourth-order valence-corrected chi connectivity index (χ4v) is 3.75. The van der Waals surface area contributed by atoms with E-state index in [0.29, 0.717) is 6.54 Å². The Bertz CT molecular complexity index is 973. The number of hydrogen-bond donors (Lipinski definition) is 2. The fourth-order valence-electron chi connectivity index (χ4n) is 3.46. The van der Waals surface area contributed by atoms with Crippen molar-refractivity contribution in [2.75, 3.05) is 18.0 Å². The largest absolute Gasteiger partial charge is 0.355 e. The van der Waals surface area contributed by atoms with Crippen LogP contribution in [0.2, 0.25) is 0 Å². The van der Waals surface area contributed by atoms with Crippen LogP contribution in [-0.2, 0) is 17.8 Å². The highest BCUT2D eigenvalue weighted by Gasteiger charge is 2.13. The Kier molecular flexibility index (Phi) is 5.42. The van der Waals surface area contributed by atoms with Gasteiger partial charge in [0, 0.05) is 19.6 Å². The highest BCUT2D eigenvalue weighted by Crippen LogP contribution is 2.25. The Labute approximate surface area is 161 Å². The lowest BCUT2D eigenvalue weighted by molar-refractivity contribution is 0.548. The molecule has 6 nitrogen and oxygen atoms in total. The third-order valence-corrected chi connectivity index (χ3v) is 5.26. The molecule has 140 valence electrons. The normalized spacial score (nSPS) is 15.8. The number of hydrogen-bond acceptors (Lipinski definition) is 4. The van der Waals surface area contributed by atoms with Crippen molar-refractivity contribution in [1.29, 1.82) is 0 Å². The van der Waals surface area contributed by atoms with Crippen LogP contribution in [0.3, 0.4) is 0 Å². The van der Waals surface area contributed by atoms with Crippen molar-refractivity contribution in [2.24, 2.45) is 0 Å². The van der Waals surface area contributed by atoms with Gasteiger partial charge in [0.25, 0.3) is 0 Å². The maximum absolute atomic E-state index is 10.8. The highest BCUT2D eigenvalue weighted by molar-refractivity contribution is 7.77. The minimum absolute atomic E-state index is 0.337. The first-order chi connectivity index (χ1) is 13.2. The van der Waals surface area contributed by atoms with E-state index in [9.17, 15) is 4.21 Å². The average Bonchev–Trinajstić information content (AvgIpc) is 2.72. The van der Waals surface area contributed by atoms with Crippen molar-refractivity contribution < 1.29 is 8.76 Å². The highest BCUT2D eigenvalue weighted by atomic mass is 32.2. The summed E-state index contributed by atoms with van der Waals surface area (Å²) in [5.74, 6) is 0.947. The molecule has 0 radical (unpaired) electrons. The summed E-state index contributed by atoms with van der Waals surface area (Å²) in [5.41, 5.74) is 4.82. The molecular formula is C20H22N4O2S. The molecule has 0 bridgehead atoms. The van der Waals surface area contributed by atoms with Gasteiger partial charge < -0.3 is 4.90 Å². The molecule has 0 aliphatic carbocycles. The molecule has 2 heterocycles. The summed E-state index contributed by atoms with van der Waals surface area (Å²) in [5, 5.41) is 0. The van der Waals surface area contributed by atoms with Crippen LogP contribution in [0.5, 0.6) is 0 Å². The number of aromatic nitrogens is 2. The molecule has 7 heteroatoms. The molecule has 1 atom stereocenters. The predicted molar refractivity (Wildman–Crippen MR) is 109 cm³/mol. The summed E-state index contributed by atoms with van der Waals surface area (Å²) < 4.78 is 22.2. The number of benzene rings is 2. The van der Waals surface area contributed by atoms with Crippen LogP contribution in [0.15, 0.2) is 48.7 Å². The van der Waals surface area contributed by atoms with Crippen LogP contribution >= 0.6 is 0 Å². The number of anilines is 1. The molecule has 0 spiro atoms. The average molecular weight is 382 g/mol. The van der Waals surface area contributed by atoms with Gasteiger partial charge in [-0.3, -0.25) is 9.54 Å². The van der Waals surface area contributed by atoms with Gasteiger partial charge >= 0.3 is 0 Å². The minimum Gasteiger partial charge on any atom is -0.355 e. The van der Waals surface area contributed by atoms with E-state index in [4.69, 9.17) is 9.54 Å². The second-order valence-electron chi connectivity index (χ2n) is 6.75. The summed E-state index contributed by atoms with van der Waals surface area (Å²) in [4.78, 5) is 11.7. The number of piperidine rings is 1. The number of nitrogens with one attached hydrogen (secondary N) is 1. The first-order valence-corrected chi connectivity index (χ1v) is 10.3. The lowest BCUT2D eigenvalue weighted by atomic mass is 10.0. The second kappa shape index (κ2) is 8.12. The molecule has 3 aromatic rings. The van der Waals surface area contributed by atoms with E-state index in [0.717, 1.165) is 46.6 Å². The topological polar surface area (TPSA) is 78.3 Å². The van der Waals surface area contributed by atoms with E-state index in [-0.39, 0.29) is 0 Å². The van der Waals surface area contributed by atoms with Gasteiger partial charge in [-0.25, -0.2) is 13.9 Å². The van der Waals surface area contributed by atoms with Crippen LogP contribution in [0.25, 0.3) is 22.2 Å². The standard InChI is InChI=1S/C20H22N4O2S/c25-27(26)22-13-15-5-4-6-16(11-15)17-7-8-18-19(12-17)23-20(14-21-18)24-9-2-1-3-10-24/h4-8,11-12,14,22H,1-3,9-10,13H2,(H,25,26). The Hall–Kier alpha value is -2.35. The van der Waals surface area contributed by atoms with E-state index in [1.54, 1.807) is 0 Å². The molecule has 1 aliphatic rings. The van der Waals surface area contributed by atoms with Gasteiger partial charge in [0.2, 0.25) is 11.3 Å². The van der Waals surface area contributed by atoms with Gasteiger partial charge in [-0.05, 0) is 54.2 Å². The summed E-state index contributed by atoms with van der Waals surface area (Å²) >= 11 is -2.01. The molecule has 1 aliphatic heterocycles. The van der Waals surface area contributed by atoms with Crippen LogP contribution in [0.1, 0.15) is 24.8 Å². The molecular weight excluding hydrogens is 360 g/mol. The van der Waals surface area contributed by atoms with Crippen molar-refractivity contribution in [3.05, 3.63) is 54.2 Å². The zero-order valence-electron chi connectivity index (χ0n) is 15.0. The molecule has 1 saturated heterocycles. The first-order valence-electron chi connectivity index (χ1n) is 9.14. The smallest absolute Gasteiger partial charge is 0.232 e. The van der Waals surface area contributed by atoms with Crippen LogP contribution in [0.4, 0.5) is 5.82 Å². The first kappa shape index (κ1) is 18.0. The zero-order chi connectivity index (χ0) is 18.6. The third-order valence-electron chi connectivity index (χ3n) is 4.87. The zero-order valence-corrected chi connectivity index (χ0v) is 15.8. The van der Waals surface area contributed by atoms with E-state index in [1.807, 2.05) is 42.6 Å². The molecule has 1 unspecified atom stereocenters. The Morgan fingerprint density at radius 2 is 1.85 bits per heavy atom. The summed E-state index contributed by atoms with van der Waals surface area (Å²) in [6, 6.07) is 14.0. The minimum atomic E-state index is -2.01. The van der Waals surface area contributed by atoms with Crippen LogP contribution in [-0.4, -0.2) is 31.8 Å². The van der Waals surface area contributed by atoms with Crippen molar-refractivity contribution in [3.8, 4) is 11.1 Å². The van der Waals surface area contributed by atoms with E-state index < -0.39 is 11.3 Å². The number of nitrogens with zero attached hydrogens (tertiary/aromatic N) is 3. The predicted octanol–water partition coefficient (Wildman–Crippen LogP) is 3.51. The van der Waals surface area contributed by atoms with Crippen molar-refractivity contribution in [3.63, 3.8) is 0 Å². The van der Waals surface area contributed by atoms with Gasteiger partial charge in [0.1, 0.15) is 5.82 Å². The van der Waals surface area contributed by atoms with Crippen molar-refractivity contribution in [1.82, 2.24) is 14.7 Å². The molecule has 1 fully saturated rings. The summed E-state index contributed by atoms with van der Waals surface area (Å²) in [6.45, 7) is 2.42. The van der Waals surface area contributed by atoms with Gasteiger partial charge in [-0.15, -0.1) is 0 Å². The van der Waals surface area contributed by atoms with Gasteiger partial charge in [0.15, 0.2) is 0 Å². The van der Waals surface area contributed by atoms with E-state index in [1.165, 1.54) is 19.3 Å². The van der Waals surface area contributed by atoms with Gasteiger partial charge in [-0.1, -0.05) is 24.3 Å². The summed E-state index contributed by atoms with van der Waals surface area (Å²) in [7, 11) is 0. The maximum Gasteiger partial charge on any atom is 0.232 e. The molecule has 27 heavy (non-hydrogen) atoms. The maximum atomic E-state index is 10.8. The lowest BCUT2D eigenvalue weighted by Crippen LogP contribution is -2.30. The molecule has 2 aromatic carbocycles. The molecule has 0 saturated carbocycles. The summed E-state index contributed by atoms with van der Waals surface area (Å²) in [6.07, 6.45) is 5.57. The lowest BCUT2D eigenvalue weighted by Gasteiger charge is -2.27. The Morgan fingerprint density at radius 1 is 1.04 bits per heavy atom. The van der Waals surface area contributed by atoms with Crippen LogP contribution in [0, 0.1) is 0 Å². The van der Waals surface area contributed by atoms with Gasteiger partial charge in [0.05, 0.1) is 17.2 Å². The quantitative estimate of drug-likeness (QED) is 0.660. The van der Waals surface area contributed by atoms with E-state index in [2.05, 4.69) is 20.7 Å². The Balaban J connectivity index is 1.64. The Morgan fingerprint density at radius 3 is 2.67 bits per heavy atom. The van der Waals surface area contributed by atoms with Gasteiger partial charge in [-0.2, -0.15) is 0 Å².